The van der Waals surface area contributed by atoms with Crippen LogP contribution in [0.15, 0.2) is 58.7 Å². The molecular weight excluding hydrogens is 366 g/mol. The van der Waals surface area contributed by atoms with Crippen molar-refractivity contribution in [1.82, 2.24) is 0 Å². The van der Waals surface area contributed by atoms with Crippen LogP contribution in [0, 0.1) is 17.3 Å². The Hall–Kier alpha value is -1.51. The lowest BCUT2D eigenvalue weighted by Crippen LogP contribution is -2.33. The number of benzene rings is 1. The molecule has 1 aromatic carbocycles. The molecule has 1 fully saturated rings. The number of anilines is 1. The first-order valence-corrected chi connectivity index (χ1v) is 11.1. The van der Waals surface area contributed by atoms with Gasteiger partial charge < -0.3 is 10.4 Å². The molecule has 0 amide bonds. The first-order valence-electron chi connectivity index (χ1n) is 10.7. The molecule has 150 valence electrons. The van der Waals surface area contributed by atoms with E-state index in [0.29, 0.717) is 11.3 Å². The Morgan fingerprint density at radius 3 is 2.64 bits per heavy atom. The zero-order valence-corrected chi connectivity index (χ0v) is 18.0. The summed E-state index contributed by atoms with van der Waals surface area (Å²) in [7, 11) is 0. The van der Waals surface area contributed by atoms with Crippen LogP contribution >= 0.6 is 11.6 Å². The van der Waals surface area contributed by atoms with Gasteiger partial charge in [-0.25, -0.2) is 0 Å². The van der Waals surface area contributed by atoms with E-state index >= 15 is 0 Å². The third kappa shape index (κ3) is 3.69. The standard InChI is InChI=1S/C25H32ClNO/c1-16(2)20-10-12-25(3)13-11-21-22(24(20)25)9-4-17(14-23(21)28)15-27-19-7-5-18(26)6-8-19/h4-9,16,21,23,27-28H,10-15H2,1-3H3. The average molecular weight is 398 g/mol. The minimum atomic E-state index is -0.293. The maximum atomic E-state index is 11.1. The van der Waals surface area contributed by atoms with Gasteiger partial charge >= 0.3 is 0 Å². The maximum Gasteiger partial charge on any atom is 0.0646 e. The van der Waals surface area contributed by atoms with E-state index in [-0.39, 0.29) is 12.0 Å². The van der Waals surface area contributed by atoms with E-state index in [1.54, 1.807) is 11.1 Å². The minimum Gasteiger partial charge on any atom is -0.392 e. The van der Waals surface area contributed by atoms with Crippen molar-refractivity contribution >= 4 is 17.3 Å². The second kappa shape index (κ2) is 7.72. The Morgan fingerprint density at radius 2 is 1.93 bits per heavy atom. The van der Waals surface area contributed by atoms with Crippen molar-refractivity contribution in [3.8, 4) is 0 Å². The van der Waals surface area contributed by atoms with Crippen LogP contribution in [-0.2, 0) is 0 Å². The van der Waals surface area contributed by atoms with E-state index in [0.717, 1.165) is 30.1 Å². The minimum absolute atomic E-state index is 0.277. The van der Waals surface area contributed by atoms with Crippen LogP contribution < -0.4 is 5.32 Å². The van der Waals surface area contributed by atoms with Crippen molar-refractivity contribution in [1.29, 1.82) is 0 Å². The summed E-state index contributed by atoms with van der Waals surface area (Å²) in [6.07, 6.45) is 9.84. The molecule has 0 bridgehead atoms. The predicted molar refractivity (Wildman–Crippen MR) is 119 cm³/mol. The quantitative estimate of drug-likeness (QED) is 0.605. The zero-order valence-electron chi connectivity index (χ0n) is 17.3. The van der Waals surface area contributed by atoms with Crippen LogP contribution in [0.25, 0.3) is 0 Å². The summed E-state index contributed by atoms with van der Waals surface area (Å²) in [4.78, 5) is 0. The SMILES string of the molecule is CC(C)C1=C2C3=CC=C(CNc4ccc(Cl)cc4)CC(O)C3CCC2(C)CC1. The number of rotatable bonds is 4. The molecule has 0 aliphatic heterocycles. The summed E-state index contributed by atoms with van der Waals surface area (Å²) in [5.41, 5.74) is 7.26. The number of hydrogen-bond acceptors (Lipinski definition) is 2. The van der Waals surface area contributed by atoms with Gasteiger partial charge in [0.25, 0.3) is 0 Å². The normalized spacial score (nSPS) is 29.8. The summed E-state index contributed by atoms with van der Waals surface area (Å²) in [5.74, 6) is 0.867. The van der Waals surface area contributed by atoms with Crippen LogP contribution in [0.2, 0.25) is 5.02 Å². The van der Waals surface area contributed by atoms with Crippen LogP contribution in [0.4, 0.5) is 5.69 Å². The van der Waals surface area contributed by atoms with Crippen LogP contribution in [0.5, 0.6) is 0 Å². The van der Waals surface area contributed by atoms with Crippen LogP contribution in [-0.4, -0.2) is 17.8 Å². The molecule has 1 saturated carbocycles. The van der Waals surface area contributed by atoms with Gasteiger partial charge in [0.05, 0.1) is 6.10 Å². The molecule has 4 rings (SSSR count). The summed E-state index contributed by atoms with van der Waals surface area (Å²) >= 11 is 5.98. The second-order valence-corrected chi connectivity index (χ2v) is 9.78. The number of halogens is 1. The first kappa shape index (κ1) is 19.8. The fraction of sp³-hybridized carbons (Fsp3) is 0.520. The van der Waals surface area contributed by atoms with Crippen molar-refractivity contribution in [2.45, 2.75) is 59.0 Å². The summed E-state index contributed by atoms with van der Waals surface area (Å²) in [6.45, 7) is 7.84. The fourth-order valence-electron chi connectivity index (χ4n) is 5.43. The lowest BCUT2D eigenvalue weighted by molar-refractivity contribution is 0.104. The third-order valence-corrected chi connectivity index (χ3v) is 7.31. The highest BCUT2D eigenvalue weighted by molar-refractivity contribution is 6.30. The van der Waals surface area contributed by atoms with E-state index in [2.05, 4.69) is 38.2 Å². The highest BCUT2D eigenvalue weighted by Crippen LogP contribution is 2.57. The summed E-state index contributed by atoms with van der Waals surface area (Å²) < 4.78 is 0. The summed E-state index contributed by atoms with van der Waals surface area (Å²) in [6, 6.07) is 7.80. The fourth-order valence-corrected chi connectivity index (χ4v) is 5.56. The van der Waals surface area contributed by atoms with Crippen molar-refractivity contribution in [3.05, 3.63) is 63.7 Å². The molecule has 0 heterocycles. The highest BCUT2D eigenvalue weighted by Gasteiger charge is 2.45. The van der Waals surface area contributed by atoms with E-state index in [1.807, 2.05) is 24.3 Å². The van der Waals surface area contributed by atoms with Gasteiger partial charge in [-0.05, 0) is 84.4 Å². The van der Waals surface area contributed by atoms with Crippen molar-refractivity contribution in [3.63, 3.8) is 0 Å². The molecule has 3 aliphatic carbocycles. The smallest absolute Gasteiger partial charge is 0.0646 e. The molecule has 0 radical (unpaired) electrons. The maximum absolute atomic E-state index is 11.1. The number of hydrogen-bond donors (Lipinski definition) is 2. The van der Waals surface area contributed by atoms with Gasteiger partial charge in [-0.1, -0.05) is 50.1 Å². The van der Waals surface area contributed by atoms with Gasteiger partial charge in [0.2, 0.25) is 0 Å². The van der Waals surface area contributed by atoms with E-state index in [4.69, 9.17) is 11.6 Å². The molecule has 0 saturated heterocycles. The van der Waals surface area contributed by atoms with Gasteiger partial charge in [0.1, 0.15) is 0 Å². The molecule has 3 atom stereocenters. The molecule has 0 aromatic heterocycles. The van der Waals surface area contributed by atoms with Gasteiger partial charge in [-0.15, -0.1) is 0 Å². The number of aliphatic hydroxyl groups excluding tert-OH is 1. The number of nitrogens with one attached hydrogen (secondary N) is 1. The second-order valence-electron chi connectivity index (χ2n) is 9.34. The first-order chi connectivity index (χ1) is 13.4. The lowest BCUT2D eigenvalue weighted by atomic mass is 9.64. The van der Waals surface area contributed by atoms with Gasteiger partial charge in [0, 0.05) is 23.2 Å². The molecular formula is C25H32ClNO. The number of aliphatic hydroxyl groups is 1. The molecule has 28 heavy (non-hydrogen) atoms. The van der Waals surface area contributed by atoms with Gasteiger partial charge in [-0.3, -0.25) is 0 Å². The summed E-state index contributed by atoms with van der Waals surface area (Å²) in [5, 5.41) is 15.3. The molecule has 0 spiro atoms. The van der Waals surface area contributed by atoms with E-state index in [9.17, 15) is 5.11 Å². The molecule has 3 aliphatic rings. The van der Waals surface area contributed by atoms with Crippen LogP contribution in [0.1, 0.15) is 52.9 Å². The molecule has 2 N–H and O–H groups in total. The number of allylic oxidation sites excluding steroid dienone is 4. The van der Waals surface area contributed by atoms with Gasteiger partial charge in [0.15, 0.2) is 0 Å². The van der Waals surface area contributed by atoms with Crippen molar-refractivity contribution in [2.75, 3.05) is 11.9 Å². The zero-order chi connectivity index (χ0) is 19.9. The van der Waals surface area contributed by atoms with E-state index in [1.165, 1.54) is 30.4 Å². The Morgan fingerprint density at radius 1 is 1.18 bits per heavy atom. The topological polar surface area (TPSA) is 32.3 Å². The third-order valence-electron chi connectivity index (χ3n) is 7.06. The molecule has 3 heteroatoms. The molecule has 1 aromatic rings. The average Bonchev–Trinajstić information content (AvgIpc) is 2.94. The predicted octanol–water partition coefficient (Wildman–Crippen LogP) is 6.53. The molecule has 2 nitrogen and oxygen atoms in total. The Bertz CT molecular complexity index is 833. The van der Waals surface area contributed by atoms with Crippen molar-refractivity contribution < 1.29 is 5.11 Å². The lowest BCUT2D eigenvalue weighted by Gasteiger charge is -2.41. The Kier molecular flexibility index (Phi) is 5.46. The van der Waals surface area contributed by atoms with Gasteiger partial charge in [-0.2, -0.15) is 0 Å². The largest absolute Gasteiger partial charge is 0.392 e. The monoisotopic (exact) mass is 397 g/mol. The van der Waals surface area contributed by atoms with E-state index < -0.39 is 0 Å². The Labute approximate surface area is 174 Å². The number of fused-ring (bicyclic) bond motifs is 3. The molecule has 3 unspecified atom stereocenters. The van der Waals surface area contributed by atoms with Crippen LogP contribution in [0.3, 0.4) is 0 Å². The highest BCUT2D eigenvalue weighted by atomic mass is 35.5. The van der Waals surface area contributed by atoms with Crippen molar-refractivity contribution in [2.24, 2.45) is 17.3 Å². The Balaban J connectivity index is 1.60.